The minimum atomic E-state index is -0.170. The maximum atomic E-state index is 13.3. The molecule has 0 spiro atoms. The highest BCUT2D eigenvalue weighted by molar-refractivity contribution is 5.47. The summed E-state index contributed by atoms with van der Waals surface area (Å²) in [4.78, 5) is 12.9. The summed E-state index contributed by atoms with van der Waals surface area (Å²) in [5, 5.41) is 3.51. The van der Waals surface area contributed by atoms with Gasteiger partial charge in [0.1, 0.15) is 23.8 Å². The number of piperidine rings is 1. The van der Waals surface area contributed by atoms with Gasteiger partial charge >= 0.3 is 0 Å². The van der Waals surface area contributed by atoms with Gasteiger partial charge in [-0.05, 0) is 37.1 Å². The molecule has 0 aliphatic carbocycles. The van der Waals surface area contributed by atoms with Crippen LogP contribution >= 0.6 is 0 Å². The van der Waals surface area contributed by atoms with E-state index in [1.807, 2.05) is 31.1 Å². The molecule has 1 aromatic carbocycles. The molecule has 1 aliphatic heterocycles. The predicted molar refractivity (Wildman–Crippen MR) is 94.7 cm³/mol. The van der Waals surface area contributed by atoms with Crippen molar-refractivity contribution in [1.82, 2.24) is 14.9 Å². The number of benzene rings is 1. The van der Waals surface area contributed by atoms with Crippen molar-refractivity contribution >= 4 is 11.6 Å². The molecule has 5 nitrogen and oxygen atoms in total. The van der Waals surface area contributed by atoms with Crippen LogP contribution in [0.4, 0.5) is 16.0 Å². The molecule has 1 N–H and O–H groups in total. The van der Waals surface area contributed by atoms with Gasteiger partial charge in [-0.2, -0.15) is 0 Å². The normalized spacial score (nSPS) is 18.4. The SMILES string of the molecule is CN(C)c1cc(NC2CCCN(Cc3cccc(F)c3)C2)ncn1. The standard InChI is InChI=1S/C18H24FN5/c1-23(2)18-10-17(20-13-21-18)22-16-7-4-8-24(12-16)11-14-5-3-6-15(19)9-14/h3,5-6,9-10,13,16H,4,7-8,11-12H2,1-2H3,(H,20,21,22). The summed E-state index contributed by atoms with van der Waals surface area (Å²) in [6.45, 7) is 2.75. The van der Waals surface area contributed by atoms with E-state index < -0.39 is 0 Å². The van der Waals surface area contributed by atoms with Gasteiger partial charge in [-0.1, -0.05) is 12.1 Å². The van der Waals surface area contributed by atoms with Gasteiger partial charge in [0.15, 0.2) is 0 Å². The first-order chi connectivity index (χ1) is 11.6. The second kappa shape index (κ2) is 7.57. The molecular formula is C18H24FN5. The van der Waals surface area contributed by atoms with E-state index in [0.717, 1.165) is 49.7 Å². The topological polar surface area (TPSA) is 44.3 Å². The molecular weight excluding hydrogens is 305 g/mol. The van der Waals surface area contributed by atoms with E-state index >= 15 is 0 Å². The van der Waals surface area contributed by atoms with Crippen molar-refractivity contribution in [3.63, 3.8) is 0 Å². The van der Waals surface area contributed by atoms with E-state index in [1.165, 1.54) is 6.07 Å². The van der Waals surface area contributed by atoms with Crippen molar-refractivity contribution in [2.75, 3.05) is 37.4 Å². The fourth-order valence-electron chi connectivity index (χ4n) is 3.09. The molecule has 0 saturated carbocycles. The smallest absolute Gasteiger partial charge is 0.133 e. The molecule has 0 radical (unpaired) electrons. The van der Waals surface area contributed by atoms with Gasteiger partial charge in [-0.25, -0.2) is 14.4 Å². The van der Waals surface area contributed by atoms with E-state index in [4.69, 9.17) is 0 Å². The highest BCUT2D eigenvalue weighted by Gasteiger charge is 2.20. The number of rotatable bonds is 5. The largest absolute Gasteiger partial charge is 0.366 e. The van der Waals surface area contributed by atoms with Crippen LogP contribution in [-0.2, 0) is 6.54 Å². The molecule has 0 bridgehead atoms. The summed E-state index contributed by atoms with van der Waals surface area (Å²) in [6, 6.07) is 9.16. The average Bonchev–Trinajstić information content (AvgIpc) is 2.55. The number of nitrogens with zero attached hydrogens (tertiary/aromatic N) is 4. The molecule has 0 amide bonds. The number of hydrogen-bond donors (Lipinski definition) is 1. The van der Waals surface area contributed by atoms with Gasteiger partial charge in [0.25, 0.3) is 0 Å². The van der Waals surface area contributed by atoms with Crippen LogP contribution in [0.1, 0.15) is 18.4 Å². The van der Waals surface area contributed by atoms with Crippen molar-refractivity contribution in [1.29, 1.82) is 0 Å². The van der Waals surface area contributed by atoms with Crippen molar-refractivity contribution in [3.8, 4) is 0 Å². The van der Waals surface area contributed by atoms with Crippen LogP contribution in [0, 0.1) is 5.82 Å². The van der Waals surface area contributed by atoms with E-state index in [0.29, 0.717) is 6.04 Å². The Kier molecular flexibility index (Phi) is 5.25. The zero-order chi connectivity index (χ0) is 16.9. The lowest BCUT2D eigenvalue weighted by molar-refractivity contribution is 0.208. The van der Waals surface area contributed by atoms with E-state index in [-0.39, 0.29) is 5.82 Å². The molecule has 2 heterocycles. The molecule has 6 heteroatoms. The molecule has 2 aromatic rings. The Morgan fingerprint density at radius 3 is 2.96 bits per heavy atom. The minimum Gasteiger partial charge on any atom is -0.366 e. The maximum Gasteiger partial charge on any atom is 0.133 e. The van der Waals surface area contributed by atoms with Gasteiger partial charge in [0, 0.05) is 39.3 Å². The van der Waals surface area contributed by atoms with Crippen LogP contribution in [0.3, 0.4) is 0 Å². The molecule has 128 valence electrons. The fraction of sp³-hybridized carbons (Fsp3) is 0.444. The molecule has 1 unspecified atom stereocenters. The molecule has 1 saturated heterocycles. The first-order valence-electron chi connectivity index (χ1n) is 8.33. The number of hydrogen-bond acceptors (Lipinski definition) is 5. The first-order valence-corrected chi connectivity index (χ1v) is 8.33. The second-order valence-corrected chi connectivity index (χ2v) is 6.50. The fourth-order valence-corrected chi connectivity index (χ4v) is 3.09. The Hall–Kier alpha value is -2.21. The van der Waals surface area contributed by atoms with Crippen LogP contribution in [0.15, 0.2) is 36.7 Å². The molecule has 24 heavy (non-hydrogen) atoms. The first kappa shape index (κ1) is 16.6. The van der Waals surface area contributed by atoms with Crippen molar-refractivity contribution in [2.45, 2.75) is 25.4 Å². The maximum absolute atomic E-state index is 13.3. The summed E-state index contributed by atoms with van der Waals surface area (Å²) < 4.78 is 13.3. The third-order valence-corrected chi connectivity index (χ3v) is 4.26. The summed E-state index contributed by atoms with van der Waals surface area (Å²) in [7, 11) is 3.93. The highest BCUT2D eigenvalue weighted by Crippen LogP contribution is 2.19. The Bertz CT molecular complexity index is 676. The number of likely N-dealkylation sites (tertiary alicyclic amines) is 1. The van der Waals surface area contributed by atoms with Gasteiger partial charge < -0.3 is 10.2 Å². The number of anilines is 2. The predicted octanol–water partition coefficient (Wildman–Crippen LogP) is 2.76. The lowest BCUT2D eigenvalue weighted by Crippen LogP contribution is -2.41. The van der Waals surface area contributed by atoms with Crippen LogP contribution < -0.4 is 10.2 Å². The van der Waals surface area contributed by atoms with E-state index in [1.54, 1.807) is 18.5 Å². The van der Waals surface area contributed by atoms with Gasteiger partial charge in [-0.3, -0.25) is 4.90 Å². The van der Waals surface area contributed by atoms with Crippen LogP contribution in [0.25, 0.3) is 0 Å². The monoisotopic (exact) mass is 329 g/mol. The molecule has 1 aliphatic rings. The van der Waals surface area contributed by atoms with Crippen molar-refractivity contribution < 1.29 is 4.39 Å². The van der Waals surface area contributed by atoms with Crippen LogP contribution in [0.5, 0.6) is 0 Å². The van der Waals surface area contributed by atoms with Crippen LogP contribution in [0.2, 0.25) is 0 Å². The molecule has 1 aromatic heterocycles. The van der Waals surface area contributed by atoms with Gasteiger partial charge in [0.05, 0.1) is 0 Å². The third kappa shape index (κ3) is 4.41. The highest BCUT2D eigenvalue weighted by atomic mass is 19.1. The molecule has 3 rings (SSSR count). The molecule has 1 atom stereocenters. The quantitative estimate of drug-likeness (QED) is 0.914. The Morgan fingerprint density at radius 1 is 1.29 bits per heavy atom. The summed E-state index contributed by atoms with van der Waals surface area (Å²) in [5.74, 6) is 1.57. The number of nitrogens with one attached hydrogen (secondary N) is 1. The Morgan fingerprint density at radius 2 is 2.17 bits per heavy atom. The average molecular weight is 329 g/mol. The van der Waals surface area contributed by atoms with E-state index in [9.17, 15) is 4.39 Å². The van der Waals surface area contributed by atoms with Gasteiger partial charge in [0.2, 0.25) is 0 Å². The number of aromatic nitrogens is 2. The van der Waals surface area contributed by atoms with Crippen molar-refractivity contribution in [3.05, 3.63) is 48.0 Å². The zero-order valence-electron chi connectivity index (χ0n) is 14.2. The van der Waals surface area contributed by atoms with Gasteiger partial charge in [-0.15, -0.1) is 0 Å². The second-order valence-electron chi connectivity index (χ2n) is 6.50. The lowest BCUT2D eigenvalue weighted by atomic mass is 10.0. The van der Waals surface area contributed by atoms with E-state index in [2.05, 4.69) is 20.2 Å². The van der Waals surface area contributed by atoms with Crippen molar-refractivity contribution in [2.24, 2.45) is 0 Å². The summed E-state index contributed by atoms with van der Waals surface area (Å²) in [6.07, 6.45) is 3.82. The minimum absolute atomic E-state index is 0.170. The Balaban J connectivity index is 1.60. The summed E-state index contributed by atoms with van der Waals surface area (Å²) >= 11 is 0. The number of halogens is 1. The lowest BCUT2D eigenvalue weighted by Gasteiger charge is -2.33. The zero-order valence-corrected chi connectivity index (χ0v) is 14.2. The third-order valence-electron chi connectivity index (χ3n) is 4.26. The Labute approximate surface area is 142 Å². The molecule has 1 fully saturated rings. The summed E-state index contributed by atoms with van der Waals surface area (Å²) in [5.41, 5.74) is 1.02. The van der Waals surface area contributed by atoms with Crippen LogP contribution in [-0.4, -0.2) is 48.1 Å².